The molecule has 3 rings (SSSR count). The highest BCUT2D eigenvalue weighted by atomic mass is 35.5. The van der Waals surface area contributed by atoms with Crippen molar-refractivity contribution in [3.8, 4) is 0 Å². The zero-order chi connectivity index (χ0) is 16.9. The number of aromatic nitrogens is 2. The Hall–Kier alpha value is -2.59. The zero-order valence-corrected chi connectivity index (χ0v) is 14.1. The molecule has 0 bridgehead atoms. The molecule has 0 aliphatic carbocycles. The average molecular weight is 340 g/mol. The Labute approximate surface area is 146 Å². The largest absolute Gasteiger partial charge is 0.309 e. The van der Waals surface area contributed by atoms with Crippen LogP contribution in [-0.2, 0) is 6.54 Å². The van der Waals surface area contributed by atoms with Gasteiger partial charge in [0.25, 0.3) is 5.91 Å². The predicted octanol–water partition coefficient (Wildman–Crippen LogP) is 4.25. The molecule has 2 aromatic carbocycles. The third kappa shape index (κ3) is 3.49. The van der Waals surface area contributed by atoms with E-state index in [2.05, 4.69) is 5.10 Å². The van der Waals surface area contributed by atoms with E-state index in [9.17, 15) is 4.79 Å². The van der Waals surface area contributed by atoms with Crippen LogP contribution in [0.25, 0.3) is 0 Å². The van der Waals surface area contributed by atoms with Gasteiger partial charge in [-0.15, -0.1) is 0 Å². The number of para-hydroxylation sites is 1. The van der Waals surface area contributed by atoms with Crippen molar-refractivity contribution in [2.24, 2.45) is 0 Å². The van der Waals surface area contributed by atoms with Crippen molar-refractivity contribution in [2.75, 3.05) is 11.4 Å². The van der Waals surface area contributed by atoms with Crippen LogP contribution in [0, 0.1) is 0 Å². The lowest BCUT2D eigenvalue weighted by atomic mass is 10.2. The van der Waals surface area contributed by atoms with E-state index < -0.39 is 0 Å². The van der Waals surface area contributed by atoms with Gasteiger partial charge >= 0.3 is 0 Å². The van der Waals surface area contributed by atoms with Crippen LogP contribution in [0.4, 0.5) is 5.69 Å². The number of benzene rings is 2. The van der Waals surface area contributed by atoms with E-state index in [1.54, 1.807) is 22.0 Å². The molecule has 0 unspecified atom stereocenters. The van der Waals surface area contributed by atoms with Crippen molar-refractivity contribution >= 4 is 23.2 Å². The molecule has 0 N–H and O–H groups in total. The third-order valence-electron chi connectivity index (χ3n) is 3.80. The van der Waals surface area contributed by atoms with E-state index in [-0.39, 0.29) is 5.91 Å². The summed E-state index contributed by atoms with van der Waals surface area (Å²) in [5.74, 6) is -0.0610. The van der Waals surface area contributed by atoms with Crippen LogP contribution in [-0.4, -0.2) is 22.2 Å². The number of nitrogens with zero attached hydrogens (tertiary/aromatic N) is 3. The summed E-state index contributed by atoms with van der Waals surface area (Å²) in [6.07, 6.45) is 3.36. The number of hydrogen-bond acceptors (Lipinski definition) is 2. The molecule has 4 nitrogen and oxygen atoms in total. The van der Waals surface area contributed by atoms with Crippen molar-refractivity contribution in [3.63, 3.8) is 0 Å². The molecule has 0 radical (unpaired) electrons. The van der Waals surface area contributed by atoms with Gasteiger partial charge in [-0.3, -0.25) is 9.48 Å². The maximum atomic E-state index is 12.8. The molecule has 5 heteroatoms. The summed E-state index contributed by atoms with van der Waals surface area (Å²) < 4.78 is 1.73. The van der Waals surface area contributed by atoms with Crippen LogP contribution in [0.5, 0.6) is 0 Å². The van der Waals surface area contributed by atoms with E-state index >= 15 is 0 Å². The second-order valence-electron chi connectivity index (χ2n) is 5.40. The Bertz CT molecular complexity index is 829. The number of carbonyl (C=O) groups excluding carboxylic acids is 1. The molecule has 0 saturated carbocycles. The van der Waals surface area contributed by atoms with Gasteiger partial charge in [-0.2, -0.15) is 5.10 Å². The van der Waals surface area contributed by atoms with Gasteiger partial charge in [0.05, 0.1) is 18.3 Å². The fraction of sp³-hybridized carbons (Fsp3) is 0.158. The lowest BCUT2D eigenvalue weighted by molar-refractivity contribution is 0.0988. The Morgan fingerprint density at radius 3 is 2.54 bits per heavy atom. The highest BCUT2D eigenvalue weighted by Gasteiger charge is 2.17. The normalized spacial score (nSPS) is 10.6. The third-order valence-corrected chi connectivity index (χ3v) is 4.17. The molecule has 0 fully saturated rings. The number of amides is 1. The topological polar surface area (TPSA) is 38.1 Å². The highest BCUT2D eigenvalue weighted by Crippen LogP contribution is 2.18. The quantitative estimate of drug-likeness (QED) is 0.697. The average Bonchev–Trinajstić information content (AvgIpc) is 3.07. The number of hydrogen-bond donors (Lipinski definition) is 0. The first-order valence-corrected chi connectivity index (χ1v) is 8.19. The summed E-state index contributed by atoms with van der Waals surface area (Å²) in [6, 6.07) is 17.3. The fourth-order valence-corrected chi connectivity index (χ4v) is 2.76. The number of carbonyl (C=O) groups is 1. The fourth-order valence-electron chi connectivity index (χ4n) is 2.57. The lowest BCUT2D eigenvalue weighted by Crippen LogP contribution is -2.30. The first-order valence-electron chi connectivity index (χ1n) is 7.82. The van der Waals surface area contributed by atoms with Gasteiger partial charge < -0.3 is 4.90 Å². The molecule has 1 heterocycles. The minimum absolute atomic E-state index is 0.0610. The summed E-state index contributed by atoms with van der Waals surface area (Å²) in [5.41, 5.74) is 2.41. The van der Waals surface area contributed by atoms with Gasteiger partial charge in [0, 0.05) is 23.5 Å². The van der Waals surface area contributed by atoms with E-state index in [1.807, 2.05) is 61.5 Å². The molecular weight excluding hydrogens is 322 g/mol. The minimum Gasteiger partial charge on any atom is -0.309 e. The molecule has 0 atom stereocenters. The Morgan fingerprint density at radius 1 is 1.12 bits per heavy atom. The molecule has 0 saturated heterocycles. The van der Waals surface area contributed by atoms with Crippen molar-refractivity contribution < 1.29 is 4.79 Å². The molecule has 1 aromatic heterocycles. The minimum atomic E-state index is -0.0610. The van der Waals surface area contributed by atoms with Crippen molar-refractivity contribution in [1.29, 1.82) is 0 Å². The smallest absolute Gasteiger partial charge is 0.261 e. The summed E-state index contributed by atoms with van der Waals surface area (Å²) in [7, 11) is 0. The zero-order valence-electron chi connectivity index (χ0n) is 13.4. The Morgan fingerprint density at radius 2 is 1.83 bits per heavy atom. The number of rotatable bonds is 5. The number of halogens is 1. The Kier molecular flexibility index (Phi) is 4.96. The first-order chi connectivity index (χ1) is 11.7. The molecule has 0 aliphatic heterocycles. The van der Waals surface area contributed by atoms with E-state index in [0.717, 1.165) is 11.3 Å². The first kappa shape index (κ1) is 16.3. The summed E-state index contributed by atoms with van der Waals surface area (Å²) >= 11 is 6.18. The molecule has 122 valence electrons. The van der Waals surface area contributed by atoms with Crippen LogP contribution < -0.4 is 4.90 Å². The summed E-state index contributed by atoms with van der Waals surface area (Å²) in [4.78, 5) is 14.5. The van der Waals surface area contributed by atoms with Gasteiger partial charge in [0.2, 0.25) is 0 Å². The van der Waals surface area contributed by atoms with Crippen LogP contribution in [0.15, 0.2) is 67.0 Å². The van der Waals surface area contributed by atoms with Crippen LogP contribution >= 0.6 is 11.6 Å². The second kappa shape index (κ2) is 7.32. The standard InChI is InChI=1S/C19H18ClN3O/c1-2-23(17-9-4-3-5-10-17)19(24)16-12-21-22(14-16)13-15-8-6-7-11-18(15)20/h3-12,14H,2,13H2,1H3. The van der Waals surface area contributed by atoms with Crippen molar-refractivity contribution in [3.05, 3.63) is 83.1 Å². The Balaban J connectivity index is 1.79. The van der Waals surface area contributed by atoms with Gasteiger partial charge in [0.15, 0.2) is 0 Å². The maximum Gasteiger partial charge on any atom is 0.261 e. The summed E-state index contributed by atoms with van der Waals surface area (Å²) in [5, 5.41) is 4.99. The summed E-state index contributed by atoms with van der Waals surface area (Å²) in [6.45, 7) is 3.09. The second-order valence-corrected chi connectivity index (χ2v) is 5.81. The molecule has 0 spiro atoms. The number of anilines is 1. The monoisotopic (exact) mass is 339 g/mol. The highest BCUT2D eigenvalue weighted by molar-refractivity contribution is 6.31. The van der Waals surface area contributed by atoms with Crippen LogP contribution in [0.2, 0.25) is 5.02 Å². The van der Waals surface area contributed by atoms with Gasteiger partial charge in [0.1, 0.15) is 0 Å². The SMILES string of the molecule is CCN(C(=O)c1cnn(Cc2ccccc2Cl)c1)c1ccccc1. The van der Waals surface area contributed by atoms with Gasteiger partial charge in [-0.25, -0.2) is 0 Å². The van der Waals surface area contributed by atoms with Crippen LogP contribution in [0.3, 0.4) is 0 Å². The van der Waals surface area contributed by atoms with Gasteiger partial charge in [-0.1, -0.05) is 48.0 Å². The lowest BCUT2D eigenvalue weighted by Gasteiger charge is -2.20. The van der Waals surface area contributed by atoms with Gasteiger partial charge in [-0.05, 0) is 30.7 Å². The molecule has 1 amide bonds. The predicted molar refractivity (Wildman–Crippen MR) is 96.6 cm³/mol. The maximum absolute atomic E-state index is 12.8. The van der Waals surface area contributed by atoms with Crippen LogP contribution in [0.1, 0.15) is 22.8 Å². The van der Waals surface area contributed by atoms with E-state index in [4.69, 9.17) is 11.6 Å². The molecule has 3 aromatic rings. The van der Waals surface area contributed by atoms with E-state index in [1.165, 1.54) is 0 Å². The van der Waals surface area contributed by atoms with E-state index in [0.29, 0.717) is 23.7 Å². The molecule has 24 heavy (non-hydrogen) atoms. The van der Waals surface area contributed by atoms with Crippen molar-refractivity contribution in [2.45, 2.75) is 13.5 Å². The molecule has 0 aliphatic rings. The van der Waals surface area contributed by atoms with Crippen molar-refractivity contribution in [1.82, 2.24) is 9.78 Å². The molecular formula is C19H18ClN3O.